The number of aromatic nitrogens is 1. The van der Waals surface area contributed by atoms with Crippen molar-refractivity contribution in [3.63, 3.8) is 0 Å². The number of halogens is 1. The maximum atomic E-state index is 14.8. The smallest absolute Gasteiger partial charge is 0.237 e. The molecular weight excluding hydrogens is 345 g/mol. The number of benzene rings is 1. The van der Waals surface area contributed by atoms with Crippen molar-refractivity contribution >= 4 is 17.6 Å². The Hall–Kier alpha value is -2.83. The van der Waals surface area contributed by atoms with E-state index >= 15 is 0 Å². The number of rotatable bonds is 4. The molecule has 0 spiro atoms. The van der Waals surface area contributed by atoms with Crippen LogP contribution in [0.15, 0.2) is 35.5 Å². The van der Waals surface area contributed by atoms with Gasteiger partial charge in [-0.3, -0.25) is 9.69 Å². The Morgan fingerprint density at radius 3 is 2.63 bits per heavy atom. The zero-order valence-electron chi connectivity index (χ0n) is 16.4. The third-order valence-corrected chi connectivity index (χ3v) is 5.61. The summed E-state index contributed by atoms with van der Waals surface area (Å²) in [5.74, 6) is -0.525. The number of nitrogens with one attached hydrogen (secondary N) is 2. The Bertz CT molecular complexity index is 917. The molecule has 144 valence electrons. The number of amides is 1. The van der Waals surface area contributed by atoms with Crippen molar-refractivity contribution < 1.29 is 9.18 Å². The van der Waals surface area contributed by atoms with Gasteiger partial charge < -0.3 is 16.0 Å². The first kappa shape index (κ1) is 18.9. The number of anilines is 1. The second-order valence-corrected chi connectivity index (χ2v) is 7.77. The van der Waals surface area contributed by atoms with Gasteiger partial charge in [0.05, 0.1) is 5.41 Å². The molecule has 2 heterocycles. The maximum absolute atomic E-state index is 14.8. The van der Waals surface area contributed by atoms with E-state index in [1.165, 1.54) is 11.0 Å². The molecule has 6 nitrogen and oxygen atoms in total. The summed E-state index contributed by atoms with van der Waals surface area (Å²) in [4.78, 5) is 21.7. The Morgan fingerprint density at radius 1 is 1.30 bits per heavy atom. The largest absolute Gasteiger partial charge is 0.381 e. The second kappa shape index (κ2) is 6.40. The lowest BCUT2D eigenvalue weighted by Crippen LogP contribution is -2.58. The minimum atomic E-state index is -1.12. The molecule has 1 aromatic heterocycles. The van der Waals surface area contributed by atoms with E-state index in [-0.39, 0.29) is 11.9 Å². The van der Waals surface area contributed by atoms with Crippen LogP contribution in [0.2, 0.25) is 0 Å². The molecule has 1 amide bonds. The van der Waals surface area contributed by atoms with Gasteiger partial charge in [0.15, 0.2) is 5.96 Å². The molecule has 1 atom stereocenters. The predicted octanol–water partition coefficient (Wildman–Crippen LogP) is 3.10. The number of H-pyrrole nitrogens is 1. The highest BCUT2D eigenvalue weighted by atomic mass is 19.1. The van der Waals surface area contributed by atoms with Gasteiger partial charge in [0.2, 0.25) is 5.91 Å². The molecule has 1 aliphatic heterocycles. The Balaban J connectivity index is 1.99. The molecule has 0 saturated heterocycles. The van der Waals surface area contributed by atoms with Gasteiger partial charge in [0.25, 0.3) is 0 Å². The van der Waals surface area contributed by atoms with Gasteiger partial charge in [-0.05, 0) is 57.5 Å². The van der Waals surface area contributed by atoms with Gasteiger partial charge >= 0.3 is 0 Å². The first-order chi connectivity index (χ1) is 12.6. The molecule has 0 fully saturated rings. The van der Waals surface area contributed by atoms with Crippen molar-refractivity contribution in [1.29, 1.82) is 0 Å². The lowest BCUT2D eigenvalue weighted by atomic mass is 9.67. The molecule has 1 aliphatic rings. The standard InChI is InChI=1S/C20H26FN5O/c1-12-8-13(10-23-12)11-24-14-6-7-16(21)15(9-14)20(4)19(2,3)17(27)26(5)18(22)25-20/h6-10,23-24H,11H2,1-5H3,(H2,22,25)/t20-/m1/s1. The monoisotopic (exact) mass is 371 g/mol. The summed E-state index contributed by atoms with van der Waals surface area (Å²) in [5, 5.41) is 3.30. The highest BCUT2D eigenvalue weighted by molar-refractivity contribution is 6.01. The van der Waals surface area contributed by atoms with Crippen molar-refractivity contribution in [2.45, 2.75) is 39.8 Å². The van der Waals surface area contributed by atoms with Crippen molar-refractivity contribution in [1.82, 2.24) is 9.88 Å². The minimum Gasteiger partial charge on any atom is -0.381 e. The van der Waals surface area contributed by atoms with Crippen LogP contribution in [-0.2, 0) is 16.9 Å². The normalized spacial score (nSPS) is 21.9. The molecule has 2 aromatic rings. The number of carbonyl (C=O) groups excluding carboxylic acids is 1. The van der Waals surface area contributed by atoms with Crippen LogP contribution in [0.5, 0.6) is 0 Å². The van der Waals surface area contributed by atoms with E-state index < -0.39 is 16.8 Å². The van der Waals surface area contributed by atoms with Crippen molar-refractivity contribution in [2.24, 2.45) is 16.1 Å². The van der Waals surface area contributed by atoms with Crippen LogP contribution in [0.4, 0.5) is 10.1 Å². The Labute approximate surface area is 158 Å². The predicted molar refractivity (Wildman–Crippen MR) is 105 cm³/mol. The van der Waals surface area contributed by atoms with E-state index in [9.17, 15) is 9.18 Å². The van der Waals surface area contributed by atoms with E-state index in [2.05, 4.69) is 15.3 Å². The van der Waals surface area contributed by atoms with E-state index in [0.29, 0.717) is 12.1 Å². The zero-order chi connectivity index (χ0) is 20.0. The van der Waals surface area contributed by atoms with Crippen LogP contribution >= 0.6 is 0 Å². The molecule has 0 unspecified atom stereocenters. The van der Waals surface area contributed by atoms with Crippen LogP contribution in [-0.4, -0.2) is 28.8 Å². The fraction of sp³-hybridized carbons (Fsp3) is 0.400. The number of aryl methyl sites for hydroxylation is 1. The quantitative estimate of drug-likeness (QED) is 0.772. The zero-order valence-corrected chi connectivity index (χ0v) is 16.4. The third kappa shape index (κ3) is 3.07. The van der Waals surface area contributed by atoms with Crippen molar-refractivity contribution in [3.05, 3.63) is 53.1 Å². The van der Waals surface area contributed by atoms with Gasteiger partial charge in [0.1, 0.15) is 11.4 Å². The number of guanidine groups is 1. The number of aromatic amines is 1. The fourth-order valence-electron chi connectivity index (χ4n) is 3.45. The van der Waals surface area contributed by atoms with Crippen LogP contribution in [0, 0.1) is 18.2 Å². The summed E-state index contributed by atoms with van der Waals surface area (Å²) in [5.41, 5.74) is 7.14. The van der Waals surface area contributed by atoms with Crippen LogP contribution in [0.3, 0.4) is 0 Å². The Morgan fingerprint density at radius 2 is 2.00 bits per heavy atom. The average Bonchev–Trinajstić information content (AvgIpc) is 3.03. The van der Waals surface area contributed by atoms with E-state index in [1.807, 2.05) is 19.2 Å². The lowest BCUT2D eigenvalue weighted by Gasteiger charge is -2.46. The molecule has 0 bridgehead atoms. The summed E-state index contributed by atoms with van der Waals surface area (Å²) >= 11 is 0. The molecule has 4 N–H and O–H groups in total. The van der Waals surface area contributed by atoms with Gasteiger partial charge in [0, 0.05) is 36.7 Å². The Kier molecular flexibility index (Phi) is 4.49. The third-order valence-electron chi connectivity index (χ3n) is 5.61. The molecule has 3 rings (SSSR count). The van der Waals surface area contributed by atoms with Gasteiger partial charge in [-0.25, -0.2) is 9.38 Å². The SMILES string of the molecule is Cc1cc(CNc2ccc(F)c([C@@]3(C)N=C(N)N(C)C(=O)C3(C)C)c2)c[nH]1. The first-order valence-electron chi connectivity index (χ1n) is 8.87. The molecule has 27 heavy (non-hydrogen) atoms. The number of nitrogens with two attached hydrogens (primary N) is 1. The number of nitrogens with zero attached hydrogens (tertiary/aromatic N) is 2. The summed E-state index contributed by atoms with van der Waals surface area (Å²) in [7, 11) is 1.58. The van der Waals surface area contributed by atoms with E-state index in [4.69, 9.17) is 5.73 Å². The first-order valence-corrected chi connectivity index (χ1v) is 8.87. The topological polar surface area (TPSA) is 86.5 Å². The number of hydrogen-bond acceptors (Lipinski definition) is 4. The molecule has 0 aliphatic carbocycles. The average molecular weight is 371 g/mol. The summed E-state index contributed by atoms with van der Waals surface area (Å²) in [6.07, 6.45) is 1.93. The summed E-state index contributed by atoms with van der Waals surface area (Å²) in [6, 6.07) is 6.84. The molecular formula is C20H26FN5O. The van der Waals surface area contributed by atoms with Crippen molar-refractivity contribution in [3.8, 4) is 0 Å². The van der Waals surface area contributed by atoms with Gasteiger partial charge in [-0.2, -0.15) is 0 Å². The van der Waals surface area contributed by atoms with Gasteiger partial charge in [-0.1, -0.05) is 0 Å². The highest BCUT2D eigenvalue weighted by Crippen LogP contribution is 2.47. The molecule has 0 radical (unpaired) electrons. The highest BCUT2D eigenvalue weighted by Gasteiger charge is 2.53. The van der Waals surface area contributed by atoms with Crippen molar-refractivity contribution in [2.75, 3.05) is 12.4 Å². The van der Waals surface area contributed by atoms with Crippen LogP contribution < -0.4 is 11.1 Å². The molecule has 0 saturated carbocycles. The minimum absolute atomic E-state index is 0.0855. The number of aliphatic imine (C=N–C) groups is 1. The number of carbonyl (C=O) groups is 1. The van der Waals surface area contributed by atoms with Gasteiger partial charge in [-0.15, -0.1) is 0 Å². The van der Waals surface area contributed by atoms with E-state index in [0.717, 1.165) is 16.9 Å². The fourth-order valence-corrected chi connectivity index (χ4v) is 3.45. The maximum Gasteiger partial charge on any atom is 0.237 e. The van der Waals surface area contributed by atoms with Crippen LogP contribution in [0.25, 0.3) is 0 Å². The number of hydrogen-bond donors (Lipinski definition) is 3. The van der Waals surface area contributed by atoms with Crippen LogP contribution in [0.1, 0.15) is 37.6 Å². The molecule has 1 aromatic carbocycles. The summed E-state index contributed by atoms with van der Waals surface area (Å²) < 4.78 is 14.8. The summed E-state index contributed by atoms with van der Waals surface area (Å²) in [6.45, 7) is 7.88. The molecule has 7 heteroatoms. The van der Waals surface area contributed by atoms with E-state index in [1.54, 1.807) is 40.0 Å². The lowest BCUT2D eigenvalue weighted by molar-refractivity contribution is -0.140. The second-order valence-electron chi connectivity index (χ2n) is 7.77.